The van der Waals surface area contributed by atoms with Crippen molar-refractivity contribution in [2.24, 2.45) is 0 Å². The Bertz CT molecular complexity index is 932. The fraction of sp³-hybridized carbons (Fsp3) is 0.409. The van der Waals surface area contributed by atoms with E-state index >= 15 is 0 Å². The maximum absolute atomic E-state index is 13.1. The molecule has 1 aliphatic rings. The Balaban J connectivity index is 1.62. The first kappa shape index (κ1) is 22.3. The molecule has 2 aromatic rings. The molecule has 162 valence electrons. The minimum absolute atomic E-state index is 0.0161. The van der Waals surface area contributed by atoms with E-state index in [1.54, 1.807) is 19.2 Å². The topological polar surface area (TPSA) is 93.7 Å². The Kier molecular flexibility index (Phi) is 7.47. The van der Waals surface area contributed by atoms with E-state index in [2.05, 4.69) is 10.6 Å². The summed E-state index contributed by atoms with van der Waals surface area (Å²) in [6.07, 6.45) is 1.33. The number of carbonyl (C=O) groups excluding carboxylic acids is 1. The number of urea groups is 1. The van der Waals surface area contributed by atoms with Crippen molar-refractivity contribution in [3.05, 3.63) is 60.2 Å². The molecule has 0 spiro atoms. The van der Waals surface area contributed by atoms with Crippen molar-refractivity contribution in [1.29, 1.82) is 0 Å². The first-order valence-electron chi connectivity index (χ1n) is 9.92. The van der Waals surface area contributed by atoms with Crippen LogP contribution in [0.15, 0.2) is 59.5 Å². The molecule has 8 heteroatoms. The molecule has 1 fully saturated rings. The summed E-state index contributed by atoms with van der Waals surface area (Å²) < 4.78 is 37.1. The molecule has 0 radical (unpaired) electrons. The van der Waals surface area contributed by atoms with E-state index in [-0.39, 0.29) is 17.0 Å². The molecule has 2 N–H and O–H groups in total. The van der Waals surface area contributed by atoms with Crippen molar-refractivity contribution in [2.45, 2.75) is 48.2 Å². The van der Waals surface area contributed by atoms with Crippen molar-refractivity contribution in [3.63, 3.8) is 0 Å². The summed E-state index contributed by atoms with van der Waals surface area (Å²) in [7, 11) is -0.388. The number of sulfone groups is 1. The van der Waals surface area contributed by atoms with Crippen LogP contribution in [0.25, 0.3) is 0 Å². The smallest absolute Gasteiger partial charge is 0.319 e. The Morgan fingerprint density at radius 3 is 2.33 bits per heavy atom. The van der Waals surface area contributed by atoms with E-state index in [9.17, 15) is 13.2 Å². The van der Waals surface area contributed by atoms with Crippen LogP contribution in [0.4, 0.5) is 10.5 Å². The number of amides is 2. The summed E-state index contributed by atoms with van der Waals surface area (Å²) in [5.74, 6) is 0. The largest absolute Gasteiger partial charge is 0.381 e. The highest BCUT2D eigenvalue weighted by molar-refractivity contribution is 7.92. The summed E-state index contributed by atoms with van der Waals surface area (Å²) in [5.41, 5.74) is 1.51. The summed E-state index contributed by atoms with van der Waals surface area (Å²) in [5, 5.41) is 4.88. The molecule has 3 rings (SSSR count). The fourth-order valence-electron chi connectivity index (χ4n) is 3.74. The number of hydrogen-bond donors (Lipinski definition) is 2. The average Bonchev–Trinajstić information content (AvgIpc) is 2.78. The van der Waals surface area contributed by atoms with Crippen molar-refractivity contribution >= 4 is 21.6 Å². The standard InChI is InChI=1S/C22H28N2O5S/c1-28-18-10-13-21(20(14-18)29-2)30(26,27)19-11-8-17(9-12-19)24-22(25)23-15-16-6-4-3-5-7-16/h3-9,11-12,18,20-21H,10,13-15H2,1-2H3,(H2,23,24,25). The van der Waals surface area contributed by atoms with Crippen LogP contribution < -0.4 is 10.6 Å². The highest BCUT2D eigenvalue weighted by atomic mass is 32.2. The van der Waals surface area contributed by atoms with Crippen molar-refractivity contribution in [1.82, 2.24) is 5.32 Å². The van der Waals surface area contributed by atoms with Gasteiger partial charge in [0, 0.05) is 32.9 Å². The third kappa shape index (κ3) is 5.38. The minimum atomic E-state index is -3.56. The third-order valence-electron chi connectivity index (χ3n) is 5.45. The van der Waals surface area contributed by atoms with Gasteiger partial charge in [0.15, 0.2) is 9.84 Å². The van der Waals surface area contributed by atoms with Crippen LogP contribution >= 0.6 is 0 Å². The SMILES string of the molecule is COC1CCC(S(=O)(=O)c2ccc(NC(=O)NCc3ccccc3)cc2)C(OC)C1. The second-order valence-corrected chi connectivity index (χ2v) is 9.51. The molecule has 0 saturated heterocycles. The molecule has 1 aliphatic carbocycles. The van der Waals surface area contributed by atoms with Gasteiger partial charge in [-0.05, 0) is 42.7 Å². The lowest BCUT2D eigenvalue weighted by atomic mass is 9.94. The van der Waals surface area contributed by atoms with Crippen molar-refractivity contribution in [3.8, 4) is 0 Å². The van der Waals surface area contributed by atoms with Crippen LogP contribution in [0.3, 0.4) is 0 Å². The first-order chi connectivity index (χ1) is 14.4. The number of carbonyl (C=O) groups is 1. The first-order valence-corrected chi connectivity index (χ1v) is 11.5. The lowest BCUT2D eigenvalue weighted by Gasteiger charge is -2.34. The van der Waals surface area contributed by atoms with Gasteiger partial charge in [-0.1, -0.05) is 30.3 Å². The predicted molar refractivity (Wildman–Crippen MR) is 115 cm³/mol. The number of rotatable bonds is 7. The Morgan fingerprint density at radius 1 is 1.00 bits per heavy atom. The van der Waals surface area contributed by atoms with Crippen molar-refractivity contribution in [2.75, 3.05) is 19.5 Å². The van der Waals surface area contributed by atoms with Gasteiger partial charge in [0.2, 0.25) is 0 Å². The summed E-state index contributed by atoms with van der Waals surface area (Å²) in [6, 6.07) is 15.5. The molecule has 7 nitrogen and oxygen atoms in total. The van der Waals surface area contributed by atoms with Crippen LogP contribution in [-0.2, 0) is 25.9 Å². The van der Waals surface area contributed by atoms with E-state index in [0.717, 1.165) is 5.56 Å². The van der Waals surface area contributed by atoms with Crippen LogP contribution in [-0.4, -0.2) is 46.1 Å². The van der Waals surface area contributed by atoms with Gasteiger partial charge in [-0.15, -0.1) is 0 Å². The maximum atomic E-state index is 13.1. The number of methoxy groups -OCH3 is 2. The molecule has 0 aromatic heterocycles. The van der Waals surface area contributed by atoms with E-state index in [0.29, 0.717) is 31.5 Å². The number of anilines is 1. The van der Waals surface area contributed by atoms with E-state index < -0.39 is 21.2 Å². The third-order valence-corrected chi connectivity index (χ3v) is 7.72. The lowest BCUT2D eigenvalue weighted by molar-refractivity contribution is -0.00702. The molecule has 0 aliphatic heterocycles. The molecule has 30 heavy (non-hydrogen) atoms. The van der Waals surface area contributed by atoms with Gasteiger partial charge in [0.1, 0.15) is 0 Å². The van der Waals surface area contributed by atoms with Crippen molar-refractivity contribution < 1.29 is 22.7 Å². The molecular weight excluding hydrogens is 404 g/mol. The number of benzene rings is 2. The zero-order chi connectivity index (χ0) is 21.6. The van der Waals surface area contributed by atoms with Gasteiger partial charge < -0.3 is 20.1 Å². The van der Waals surface area contributed by atoms with E-state index in [1.165, 1.54) is 19.2 Å². The number of nitrogens with one attached hydrogen (secondary N) is 2. The van der Waals surface area contributed by atoms with E-state index in [4.69, 9.17) is 9.47 Å². The number of hydrogen-bond acceptors (Lipinski definition) is 5. The highest BCUT2D eigenvalue weighted by Gasteiger charge is 2.39. The van der Waals surface area contributed by atoms with Crippen LogP contribution in [0.5, 0.6) is 0 Å². The summed E-state index contributed by atoms with van der Waals surface area (Å²) in [4.78, 5) is 12.3. The average molecular weight is 433 g/mol. The zero-order valence-corrected chi connectivity index (χ0v) is 18.0. The van der Waals surface area contributed by atoms with E-state index in [1.807, 2.05) is 30.3 Å². The van der Waals surface area contributed by atoms with Gasteiger partial charge in [0.05, 0.1) is 22.4 Å². The highest BCUT2D eigenvalue weighted by Crippen LogP contribution is 2.32. The number of ether oxygens (including phenoxy) is 2. The molecule has 0 heterocycles. The Hall–Kier alpha value is -2.42. The van der Waals surface area contributed by atoms with Crippen LogP contribution in [0.2, 0.25) is 0 Å². The zero-order valence-electron chi connectivity index (χ0n) is 17.2. The molecule has 2 aromatic carbocycles. The lowest BCUT2D eigenvalue weighted by Crippen LogP contribution is -2.42. The van der Waals surface area contributed by atoms with Gasteiger partial charge in [-0.25, -0.2) is 13.2 Å². The quantitative estimate of drug-likeness (QED) is 0.700. The summed E-state index contributed by atoms with van der Waals surface area (Å²) in [6.45, 7) is 0.404. The summed E-state index contributed by atoms with van der Waals surface area (Å²) >= 11 is 0. The van der Waals surface area contributed by atoms with Crippen LogP contribution in [0.1, 0.15) is 24.8 Å². The Labute approximate surface area is 177 Å². The predicted octanol–water partition coefficient (Wildman–Crippen LogP) is 3.36. The molecular formula is C22H28N2O5S. The van der Waals surface area contributed by atoms with Gasteiger partial charge in [0.25, 0.3) is 0 Å². The monoisotopic (exact) mass is 432 g/mol. The second-order valence-electron chi connectivity index (χ2n) is 7.35. The normalized spacial score (nSPS) is 21.7. The minimum Gasteiger partial charge on any atom is -0.381 e. The van der Waals surface area contributed by atoms with Gasteiger partial charge in [-0.3, -0.25) is 0 Å². The second kappa shape index (κ2) is 10.1. The molecule has 0 bridgehead atoms. The molecule has 3 unspecified atom stereocenters. The van der Waals surface area contributed by atoms with Gasteiger partial charge in [-0.2, -0.15) is 0 Å². The molecule has 2 amide bonds. The van der Waals surface area contributed by atoms with Crippen LogP contribution in [0, 0.1) is 0 Å². The Morgan fingerprint density at radius 2 is 1.70 bits per heavy atom. The molecule has 3 atom stereocenters. The molecule has 1 saturated carbocycles. The fourth-order valence-corrected chi connectivity index (χ4v) is 5.67. The maximum Gasteiger partial charge on any atom is 0.319 e. The van der Waals surface area contributed by atoms with Gasteiger partial charge >= 0.3 is 6.03 Å².